The van der Waals surface area contributed by atoms with Crippen molar-refractivity contribution in [2.45, 2.75) is 25.3 Å². The highest BCUT2D eigenvalue weighted by Gasteiger charge is 2.20. The molecule has 0 unspecified atom stereocenters. The normalized spacial score (nSPS) is 19.2. The van der Waals surface area contributed by atoms with E-state index < -0.39 is 10.1 Å². The van der Waals surface area contributed by atoms with Gasteiger partial charge in [0.2, 0.25) is 0 Å². The van der Waals surface area contributed by atoms with E-state index in [1.165, 1.54) is 11.1 Å². The highest BCUT2D eigenvalue weighted by molar-refractivity contribution is 7.85. The molecular weight excluding hydrogens is 238 g/mol. The molecule has 1 aliphatic carbocycles. The summed E-state index contributed by atoms with van der Waals surface area (Å²) in [5.41, 5.74) is 2.69. The van der Waals surface area contributed by atoms with E-state index in [4.69, 9.17) is 4.55 Å². The molecular formula is C12H17NO3S. The molecule has 0 bridgehead atoms. The van der Waals surface area contributed by atoms with Crippen LogP contribution in [0, 0.1) is 0 Å². The number of rotatable bonds is 5. The van der Waals surface area contributed by atoms with Gasteiger partial charge in [0.05, 0.1) is 5.75 Å². The maximum atomic E-state index is 10.6. The molecule has 0 saturated carbocycles. The average molecular weight is 255 g/mol. The first-order valence-electron chi connectivity index (χ1n) is 5.82. The summed E-state index contributed by atoms with van der Waals surface area (Å²) in [6.45, 7) is 0.610. The first kappa shape index (κ1) is 12.5. The van der Waals surface area contributed by atoms with E-state index in [1.54, 1.807) is 0 Å². The highest BCUT2D eigenvalue weighted by atomic mass is 32.2. The monoisotopic (exact) mass is 255 g/mol. The lowest BCUT2D eigenvalue weighted by molar-refractivity contribution is 0.475. The van der Waals surface area contributed by atoms with E-state index in [0.29, 0.717) is 19.0 Å². The fourth-order valence-electron chi connectivity index (χ4n) is 2.30. The van der Waals surface area contributed by atoms with Crippen LogP contribution in [-0.4, -0.2) is 25.3 Å². The fraction of sp³-hybridized carbons (Fsp3) is 0.500. The van der Waals surface area contributed by atoms with Gasteiger partial charge in [-0.25, -0.2) is 0 Å². The maximum Gasteiger partial charge on any atom is 0.264 e. The third kappa shape index (κ3) is 3.52. The summed E-state index contributed by atoms with van der Waals surface area (Å²) >= 11 is 0. The number of hydrogen-bond donors (Lipinski definition) is 2. The Kier molecular flexibility index (Phi) is 3.81. The summed E-state index contributed by atoms with van der Waals surface area (Å²) in [6, 6.07) is 8.64. The molecule has 1 atom stereocenters. The minimum Gasteiger partial charge on any atom is -0.310 e. The Morgan fingerprint density at radius 3 is 2.88 bits per heavy atom. The molecule has 2 N–H and O–H groups in total. The summed E-state index contributed by atoms with van der Waals surface area (Å²) in [5, 5.41) is 3.33. The zero-order valence-corrected chi connectivity index (χ0v) is 10.4. The Morgan fingerprint density at radius 2 is 2.12 bits per heavy atom. The van der Waals surface area contributed by atoms with Gasteiger partial charge in [-0.1, -0.05) is 24.3 Å². The van der Waals surface area contributed by atoms with Crippen molar-refractivity contribution < 1.29 is 13.0 Å². The average Bonchev–Trinajstić information content (AvgIpc) is 2.67. The molecule has 0 radical (unpaired) electrons. The van der Waals surface area contributed by atoms with Gasteiger partial charge in [-0.05, 0) is 36.9 Å². The van der Waals surface area contributed by atoms with Crippen LogP contribution < -0.4 is 5.32 Å². The molecule has 0 spiro atoms. The topological polar surface area (TPSA) is 66.4 Å². The third-order valence-corrected chi connectivity index (χ3v) is 3.91. The Hall–Kier alpha value is -0.910. The molecule has 0 saturated heterocycles. The van der Waals surface area contributed by atoms with Crippen LogP contribution in [0.1, 0.15) is 30.0 Å². The Morgan fingerprint density at radius 1 is 1.35 bits per heavy atom. The van der Waals surface area contributed by atoms with Crippen molar-refractivity contribution in [2.24, 2.45) is 0 Å². The molecule has 1 aromatic carbocycles. The number of benzene rings is 1. The van der Waals surface area contributed by atoms with Crippen molar-refractivity contribution in [2.75, 3.05) is 12.3 Å². The fourth-order valence-corrected chi connectivity index (χ4v) is 2.81. The van der Waals surface area contributed by atoms with E-state index >= 15 is 0 Å². The van der Waals surface area contributed by atoms with Gasteiger partial charge in [-0.2, -0.15) is 8.42 Å². The van der Waals surface area contributed by atoms with Crippen LogP contribution in [-0.2, 0) is 16.5 Å². The van der Waals surface area contributed by atoms with Crippen molar-refractivity contribution in [3.8, 4) is 0 Å². The SMILES string of the molecule is O=S(=O)(O)CCCN[C@@H]1CCc2ccccc21. The quantitative estimate of drug-likeness (QED) is 0.618. The number of nitrogens with one attached hydrogen (secondary N) is 1. The molecule has 5 heteroatoms. The summed E-state index contributed by atoms with van der Waals surface area (Å²) in [5.74, 6) is -0.172. The van der Waals surface area contributed by atoms with Crippen molar-refractivity contribution in [3.05, 3.63) is 35.4 Å². The first-order valence-corrected chi connectivity index (χ1v) is 7.43. The van der Waals surface area contributed by atoms with E-state index in [0.717, 1.165) is 12.8 Å². The Bertz CT molecular complexity index is 484. The van der Waals surface area contributed by atoms with Gasteiger partial charge in [0.1, 0.15) is 0 Å². The highest BCUT2D eigenvalue weighted by Crippen LogP contribution is 2.30. The first-order chi connectivity index (χ1) is 8.06. The second kappa shape index (κ2) is 5.16. The minimum absolute atomic E-state index is 0.172. The largest absolute Gasteiger partial charge is 0.310 e. The van der Waals surface area contributed by atoms with Crippen molar-refractivity contribution in [3.63, 3.8) is 0 Å². The number of aryl methyl sites for hydroxylation is 1. The standard InChI is InChI=1S/C12H17NO3S/c14-17(15,16)9-3-8-13-12-7-6-10-4-1-2-5-11(10)12/h1-2,4-5,12-13H,3,6-9H2,(H,14,15,16)/t12-/m1/s1. The van der Waals surface area contributed by atoms with E-state index in [1.807, 2.05) is 12.1 Å². The maximum absolute atomic E-state index is 10.6. The van der Waals surface area contributed by atoms with Gasteiger partial charge in [0.25, 0.3) is 10.1 Å². The van der Waals surface area contributed by atoms with Gasteiger partial charge in [-0.3, -0.25) is 4.55 Å². The number of hydrogen-bond acceptors (Lipinski definition) is 3. The van der Waals surface area contributed by atoms with Crippen LogP contribution in [0.3, 0.4) is 0 Å². The van der Waals surface area contributed by atoms with E-state index in [-0.39, 0.29) is 5.75 Å². The third-order valence-electron chi connectivity index (χ3n) is 3.10. The van der Waals surface area contributed by atoms with Crippen LogP contribution in [0.25, 0.3) is 0 Å². The van der Waals surface area contributed by atoms with Crippen LogP contribution in [0.5, 0.6) is 0 Å². The van der Waals surface area contributed by atoms with Crippen molar-refractivity contribution in [1.29, 1.82) is 0 Å². The van der Waals surface area contributed by atoms with Crippen LogP contribution in [0.2, 0.25) is 0 Å². The molecule has 2 rings (SSSR count). The lowest BCUT2D eigenvalue weighted by Gasteiger charge is -2.13. The minimum atomic E-state index is -3.82. The van der Waals surface area contributed by atoms with Gasteiger partial charge < -0.3 is 5.32 Å². The van der Waals surface area contributed by atoms with Gasteiger partial charge in [0.15, 0.2) is 0 Å². The lowest BCUT2D eigenvalue weighted by atomic mass is 10.1. The molecule has 0 aliphatic heterocycles. The molecule has 17 heavy (non-hydrogen) atoms. The molecule has 0 fully saturated rings. The molecule has 1 aliphatic rings. The molecule has 4 nitrogen and oxygen atoms in total. The van der Waals surface area contributed by atoms with Gasteiger partial charge >= 0.3 is 0 Å². The molecule has 0 amide bonds. The van der Waals surface area contributed by atoms with Crippen molar-refractivity contribution >= 4 is 10.1 Å². The van der Waals surface area contributed by atoms with Crippen LogP contribution in [0.4, 0.5) is 0 Å². The van der Waals surface area contributed by atoms with E-state index in [2.05, 4.69) is 17.4 Å². The zero-order chi connectivity index (χ0) is 12.3. The van der Waals surface area contributed by atoms with Crippen LogP contribution >= 0.6 is 0 Å². The summed E-state index contributed by atoms with van der Waals surface area (Å²) in [4.78, 5) is 0. The molecule has 0 aromatic heterocycles. The molecule has 94 valence electrons. The summed E-state index contributed by atoms with van der Waals surface area (Å²) < 4.78 is 29.7. The summed E-state index contributed by atoms with van der Waals surface area (Å²) in [7, 11) is -3.82. The molecule has 1 aromatic rings. The second-order valence-corrected chi connectivity index (χ2v) is 5.96. The van der Waals surface area contributed by atoms with Gasteiger partial charge in [-0.15, -0.1) is 0 Å². The van der Waals surface area contributed by atoms with Crippen LogP contribution in [0.15, 0.2) is 24.3 Å². The predicted molar refractivity (Wildman–Crippen MR) is 66.5 cm³/mol. The summed E-state index contributed by atoms with van der Waals surface area (Å²) in [6.07, 6.45) is 2.58. The smallest absolute Gasteiger partial charge is 0.264 e. The Labute approximate surface area is 102 Å². The Balaban J connectivity index is 1.82. The lowest BCUT2D eigenvalue weighted by Crippen LogP contribution is -2.22. The molecule has 0 heterocycles. The van der Waals surface area contributed by atoms with Gasteiger partial charge in [0, 0.05) is 6.04 Å². The predicted octanol–water partition coefficient (Wildman–Crippen LogP) is 1.54. The number of fused-ring (bicyclic) bond motifs is 1. The zero-order valence-electron chi connectivity index (χ0n) is 9.59. The van der Waals surface area contributed by atoms with E-state index in [9.17, 15) is 8.42 Å². The van der Waals surface area contributed by atoms with Crippen molar-refractivity contribution in [1.82, 2.24) is 5.32 Å². The second-order valence-electron chi connectivity index (χ2n) is 4.38.